The Hall–Kier alpha value is -1.26. The van der Waals surface area contributed by atoms with Gasteiger partial charge in [-0.25, -0.2) is 0 Å². The van der Waals surface area contributed by atoms with E-state index in [0.29, 0.717) is 5.75 Å². The van der Waals surface area contributed by atoms with Crippen LogP contribution >= 0.6 is 0 Å². The number of aromatic hydroxyl groups is 1. The highest BCUT2D eigenvalue weighted by Gasteiger charge is 2.43. The monoisotopic (exact) mass is 345 g/mol. The molecule has 1 spiro atoms. The summed E-state index contributed by atoms with van der Waals surface area (Å²) in [6, 6.07) is 2.12. The molecule has 1 N–H and O–H groups in total. The fourth-order valence-electron chi connectivity index (χ4n) is 4.39. The second kappa shape index (κ2) is 6.17. The highest BCUT2D eigenvalue weighted by atomic mass is 16.5. The first-order valence-corrected chi connectivity index (χ1v) is 9.75. The first kappa shape index (κ1) is 17.2. The minimum atomic E-state index is -0.105. The van der Waals surface area contributed by atoms with Gasteiger partial charge in [0.15, 0.2) is 0 Å². The van der Waals surface area contributed by atoms with Crippen molar-refractivity contribution in [2.75, 3.05) is 26.3 Å². The Bertz CT molecular complexity index is 652. The molecule has 4 nitrogen and oxygen atoms in total. The van der Waals surface area contributed by atoms with Crippen LogP contribution in [0.4, 0.5) is 0 Å². The molecule has 1 saturated carbocycles. The molecule has 0 bridgehead atoms. The van der Waals surface area contributed by atoms with Gasteiger partial charge < -0.3 is 14.6 Å². The molecule has 2 heterocycles. The highest BCUT2D eigenvalue weighted by Crippen LogP contribution is 2.49. The van der Waals surface area contributed by atoms with Crippen LogP contribution in [0.1, 0.15) is 63.1 Å². The van der Waals surface area contributed by atoms with Gasteiger partial charge in [-0.1, -0.05) is 20.8 Å². The zero-order valence-electron chi connectivity index (χ0n) is 15.9. The molecular formula is C21H31NO3. The standard InChI is InChI=1S/C21H31NO3/c1-20(2,3)17-13-18-15(5-8-21(25-18)6-4-7-21)16(19(17)23)14-22-9-11-24-12-10-22/h13,23H,4-12,14H2,1-3H3. The lowest BCUT2D eigenvalue weighted by atomic mass is 9.73. The Morgan fingerprint density at radius 1 is 1.16 bits per heavy atom. The third-order valence-corrected chi connectivity index (χ3v) is 6.19. The average molecular weight is 345 g/mol. The average Bonchev–Trinajstić information content (AvgIpc) is 2.55. The van der Waals surface area contributed by atoms with Crippen molar-refractivity contribution in [1.29, 1.82) is 0 Å². The SMILES string of the molecule is CC(C)(C)c1cc2c(c(CN3CCOCC3)c1O)CCC1(CCC1)O2. The third kappa shape index (κ3) is 3.15. The summed E-state index contributed by atoms with van der Waals surface area (Å²) in [6.07, 6.45) is 5.74. The molecule has 0 amide bonds. The predicted octanol–water partition coefficient (Wildman–Crippen LogP) is 3.77. The Labute approximate surface area is 151 Å². The minimum absolute atomic E-state index is 0.0787. The second-order valence-electron chi connectivity index (χ2n) is 9.01. The van der Waals surface area contributed by atoms with Gasteiger partial charge in [-0.2, -0.15) is 0 Å². The predicted molar refractivity (Wildman–Crippen MR) is 98.4 cm³/mol. The van der Waals surface area contributed by atoms with E-state index in [4.69, 9.17) is 9.47 Å². The number of hydrogen-bond donors (Lipinski definition) is 1. The molecular weight excluding hydrogens is 314 g/mol. The van der Waals surface area contributed by atoms with E-state index < -0.39 is 0 Å². The van der Waals surface area contributed by atoms with Gasteiger partial charge >= 0.3 is 0 Å². The minimum Gasteiger partial charge on any atom is -0.507 e. The molecule has 0 radical (unpaired) electrons. The Morgan fingerprint density at radius 3 is 2.48 bits per heavy atom. The topological polar surface area (TPSA) is 41.9 Å². The summed E-state index contributed by atoms with van der Waals surface area (Å²) < 4.78 is 12.0. The fourth-order valence-corrected chi connectivity index (χ4v) is 4.39. The summed E-state index contributed by atoms with van der Waals surface area (Å²) in [5.74, 6) is 1.50. The van der Waals surface area contributed by atoms with Crippen LogP contribution in [0, 0.1) is 0 Å². The molecule has 2 aliphatic heterocycles. The van der Waals surface area contributed by atoms with Crippen LogP contribution in [0.15, 0.2) is 6.07 Å². The number of fused-ring (bicyclic) bond motifs is 1. The number of rotatable bonds is 2. The Balaban J connectivity index is 1.74. The van der Waals surface area contributed by atoms with Gasteiger partial charge in [0.05, 0.1) is 13.2 Å². The quantitative estimate of drug-likeness (QED) is 0.886. The zero-order chi connectivity index (χ0) is 17.7. The molecule has 0 unspecified atom stereocenters. The normalized spacial score (nSPS) is 23.0. The van der Waals surface area contributed by atoms with E-state index in [1.165, 1.54) is 24.8 Å². The van der Waals surface area contributed by atoms with E-state index >= 15 is 0 Å². The summed E-state index contributed by atoms with van der Waals surface area (Å²) in [4.78, 5) is 2.39. The van der Waals surface area contributed by atoms with Crippen LogP contribution in [0.25, 0.3) is 0 Å². The highest BCUT2D eigenvalue weighted by molar-refractivity contribution is 5.56. The fraction of sp³-hybridized carbons (Fsp3) is 0.714. The molecule has 1 saturated heterocycles. The summed E-state index contributed by atoms with van der Waals surface area (Å²) in [7, 11) is 0. The molecule has 1 aromatic rings. The molecule has 4 heteroatoms. The first-order valence-electron chi connectivity index (χ1n) is 9.75. The van der Waals surface area contributed by atoms with E-state index in [1.807, 2.05) is 0 Å². The van der Waals surface area contributed by atoms with Crippen molar-refractivity contribution in [3.8, 4) is 11.5 Å². The molecule has 4 rings (SSSR count). The summed E-state index contributed by atoms with van der Waals surface area (Å²) in [6.45, 7) is 10.7. The van der Waals surface area contributed by atoms with Crippen molar-refractivity contribution >= 4 is 0 Å². The van der Waals surface area contributed by atoms with E-state index in [-0.39, 0.29) is 11.0 Å². The molecule has 138 valence electrons. The van der Waals surface area contributed by atoms with Crippen molar-refractivity contribution in [2.45, 2.75) is 70.4 Å². The molecule has 3 aliphatic rings. The van der Waals surface area contributed by atoms with Gasteiger partial charge in [0.2, 0.25) is 0 Å². The number of phenolic OH excluding ortho intramolecular Hbond substituents is 1. The molecule has 0 aromatic heterocycles. The van der Waals surface area contributed by atoms with Crippen LogP contribution in [-0.2, 0) is 23.1 Å². The maximum Gasteiger partial charge on any atom is 0.124 e. The second-order valence-corrected chi connectivity index (χ2v) is 9.01. The van der Waals surface area contributed by atoms with E-state index in [0.717, 1.165) is 62.6 Å². The number of morpholine rings is 1. The number of phenols is 1. The smallest absolute Gasteiger partial charge is 0.124 e. The van der Waals surface area contributed by atoms with E-state index in [9.17, 15) is 5.11 Å². The van der Waals surface area contributed by atoms with Crippen LogP contribution in [-0.4, -0.2) is 41.9 Å². The van der Waals surface area contributed by atoms with Crippen LogP contribution < -0.4 is 4.74 Å². The van der Waals surface area contributed by atoms with Gasteiger partial charge in [0.25, 0.3) is 0 Å². The lowest BCUT2D eigenvalue weighted by molar-refractivity contribution is -0.0256. The maximum absolute atomic E-state index is 11.1. The number of nitrogens with zero attached hydrogens (tertiary/aromatic N) is 1. The first-order chi connectivity index (χ1) is 11.9. The van der Waals surface area contributed by atoms with Crippen molar-refractivity contribution < 1.29 is 14.6 Å². The Kier molecular flexibility index (Phi) is 4.24. The number of ether oxygens (including phenoxy) is 2. The molecule has 1 aliphatic carbocycles. The van der Waals surface area contributed by atoms with Crippen LogP contribution in [0.3, 0.4) is 0 Å². The lowest BCUT2D eigenvalue weighted by Gasteiger charge is -2.46. The number of hydrogen-bond acceptors (Lipinski definition) is 4. The Morgan fingerprint density at radius 2 is 1.88 bits per heavy atom. The molecule has 0 atom stereocenters. The van der Waals surface area contributed by atoms with E-state index in [1.54, 1.807) is 0 Å². The van der Waals surface area contributed by atoms with Crippen molar-refractivity contribution in [3.63, 3.8) is 0 Å². The van der Waals surface area contributed by atoms with Crippen LogP contribution in [0.2, 0.25) is 0 Å². The summed E-state index contributed by atoms with van der Waals surface area (Å²) in [5, 5.41) is 11.1. The van der Waals surface area contributed by atoms with Crippen molar-refractivity contribution in [1.82, 2.24) is 4.90 Å². The van der Waals surface area contributed by atoms with Gasteiger partial charge in [-0.05, 0) is 43.6 Å². The van der Waals surface area contributed by atoms with Crippen molar-refractivity contribution in [3.05, 3.63) is 22.8 Å². The van der Waals surface area contributed by atoms with Gasteiger partial charge in [0.1, 0.15) is 17.1 Å². The van der Waals surface area contributed by atoms with Gasteiger partial charge in [0, 0.05) is 36.3 Å². The zero-order valence-corrected chi connectivity index (χ0v) is 15.9. The number of benzene rings is 1. The van der Waals surface area contributed by atoms with Crippen LogP contribution in [0.5, 0.6) is 11.5 Å². The largest absolute Gasteiger partial charge is 0.507 e. The molecule has 2 fully saturated rings. The molecule has 25 heavy (non-hydrogen) atoms. The third-order valence-electron chi connectivity index (χ3n) is 6.19. The summed E-state index contributed by atoms with van der Waals surface area (Å²) in [5.41, 5.74) is 3.29. The van der Waals surface area contributed by atoms with Gasteiger partial charge in [-0.3, -0.25) is 4.90 Å². The van der Waals surface area contributed by atoms with Crippen molar-refractivity contribution in [2.24, 2.45) is 0 Å². The lowest BCUT2D eigenvalue weighted by Crippen LogP contribution is -2.46. The van der Waals surface area contributed by atoms with Gasteiger partial charge in [-0.15, -0.1) is 0 Å². The van der Waals surface area contributed by atoms with E-state index in [2.05, 4.69) is 31.7 Å². The molecule has 1 aromatic carbocycles. The summed E-state index contributed by atoms with van der Waals surface area (Å²) >= 11 is 0. The maximum atomic E-state index is 11.1.